The van der Waals surface area contributed by atoms with Gasteiger partial charge in [0.05, 0.1) is 6.10 Å². The summed E-state index contributed by atoms with van der Waals surface area (Å²) in [6.07, 6.45) is 1.73. The van der Waals surface area contributed by atoms with Gasteiger partial charge in [-0.25, -0.2) is 0 Å². The molecule has 2 heteroatoms. The molecule has 0 aromatic heterocycles. The molecular weight excluding hydrogens is 114 g/mol. The van der Waals surface area contributed by atoms with E-state index >= 15 is 0 Å². The summed E-state index contributed by atoms with van der Waals surface area (Å²) in [7, 11) is 2.14. The molecule has 1 saturated heterocycles. The molecule has 0 amide bonds. The van der Waals surface area contributed by atoms with Crippen molar-refractivity contribution >= 4 is 0 Å². The third kappa shape index (κ3) is 1.95. The average molecular weight is 129 g/mol. The van der Waals surface area contributed by atoms with Crippen molar-refractivity contribution in [3.8, 4) is 0 Å². The number of likely N-dealkylation sites (N-methyl/N-ethyl adjacent to an activating group) is 1. The van der Waals surface area contributed by atoms with Gasteiger partial charge in [-0.3, -0.25) is 0 Å². The lowest BCUT2D eigenvalue weighted by Crippen LogP contribution is -2.18. The molecule has 0 aliphatic carbocycles. The Morgan fingerprint density at radius 1 is 1.67 bits per heavy atom. The molecule has 0 aromatic rings. The van der Waals surface area contributed by atoms with E-state index in [9.17, 15) is 0 Å². The molecule has 1 rings (SSSR count). The number of rotatable bonds is 2. The standard InChI is InChI=1S/C7H15NO/c1-3-9-7-4-5-8(2)6-7/h7H,3-6H2,1-2H3/t7-/m0/s1. The van der Waals surface area contributed by atoms with Gasteiger partial charge in [-0.15, -0.1) is 0 Å². The van der Waals surface area contributed by atoms with Crippen LogP contribution in [0, 0.1) is 0 Å². The summed E-state index contributed by atoms with van der Waals surface area (Å²) in [4.78, 5) is 2.31. The van der Waals surface area contributed by atoms with Crippen molar-refractivity contribution in [2.75, 3.05) is 26.7 Å². The fourth-order valence-corrected chi connectivity index (χ4v) is 1.27. The maximum absolute atomic E-state index is 5.43. The van der Waals surface area contributed by atoms with E-state index in [-0.39, 0.29) is 0 Å². The van der Waals surface area contributed by atoms with Crippen molar-refractivity contribution in [2.24, 2.45) is 0 Å². The van der Waals surface area contributed by atoms with Crippen molar-refractivity contribution in [1.82, 2.24) is 4.90 Å². The van der Waals surface area contributed by atoms with E-state index in [1.807, 2.05) is 0 Å². The summed E-state index contributed by atoms with van der Waals surface area (Å²) in [5, 5.41) is 0. The maximum Gasteiger partial charge on any atom is 0.0713 e. The molecule has 0 aromatic carbocycles. The third-order valence-electron chi connectivity index (χ3n) is 1.75. The quantitative estimate of drug-likeness (QED) is 0.545. The van der Waals surface area contributed by atoms with Crippen LogP contribution in [0.2, 0.25) is 0 Å². The molecule has 1 aliphatic heterocycles. The first-order chi connectivity index (χ1) is 4.33. The van der Waals surface area contributed by atoms with Crippen LogP contribution in [0.25, 0.3) is 0 Å². The Balaban J connectivity index is 2.14. The van der Waals surface area contributed by atoms with Gasteiger partial charge in [0.15, 0.2) is 0 Å². The molecule has 1 aliphatic rings. The van der Waals surface area contributed by atoms with Crippen LogP contribution in [0.15, 0.2) is 0 Å². The Hall–Kier alpha value is -0.0800. The summed E-state index contributed by atoms with van der Waals surface area (Å²) in [6.45, 7) is 5.23. The highest BCUT2D eigenvalue weighted by Crippen LogP contribution is 2.09. The van der Waals surface area contributed by atoms with Gasteiger partial charge in [-0.05, 0) is 20.4 Å². The normalized spacial score (nSPS) is 29.3. The van der Waals surface area contributed by atoms with Gasteiger partial charge in [0.1, 0.15) is 0 Å². The fraction of sp³-hybridized carbons (Fsp3) is 1.00. The first-order valence-corrected chi connectivity index (χ1v) is 3.63. The second-order valence-corrected chi connectivity index (χ2v) is 2.63. The largest absolute Gasteiger partial charge is 0.377 e. The molecular formula is C7H15NO. The molecule has 1 heterocycles. The van der Waals surface area contributed by atoms with Crippen LogP contribution < -0.4 is 0 Å². The molecule has 0 spiro atoms. The molecule has 1 fully saturated rings. The van der Waals surface area contributed by atoms with E-state index in [0.717, 1.165) is 13.2 Å². The molecule has 0 unspecified atom stereocenters. The van der Waals surface area contributed by atoms with Crippen LogP contribution in [0.4, 0.5) is 0 Å². The minimum atomic E-state index is 0.514. The van der Waals surface area contributed by atoms with Gasteiger partial charge in [0, 0.05) is 19.7 Å². The summed E-state index contributed by atoms with van der Waals surface area (Å²) >= 11 is 0. The lowest BCUT2D eigenvalue weighted by atomic mass is 10.3. The monoisotopic (exact) mass is 129 g/mol. The SMILES string of the molecule is CCO[C@H]1CCN(C)C1. The van der Waals surface area contributed by atoms with Crippen LogP contribution in [-0.2, 0) is 4.74 Å². The van der Waals surface area contributed by atoms with Gasteiger partial charge >= 0.3 is 0 Å². The van der Waals surface area contributed by atoms with Crippen LogP contribution in [0.1, 0.15) is 13.3 Å². The van der Waals surface area contributed by atoms with Gasteiger partial charge in [-0.2, -0.15) is 0 Å². The van der Waals surface area contributed by atoms with E-state index in [1.54, 1.807) is 0 Å². The zero-order valence-corrected chi connectivity index (χ0v) is 6.26. The van der Waals surface area contributed by atoms with E-state index in [0.29, 0.717) is 6.10 Å². The zero-order valence-electron chi connectivity index (χ0n) is 6.26. The fourth-order valence-electron chi connectivity index (χ4n) is 1.27. The number of likely N-dealkylation sites (tertiary alicyclic amines) is 1. The number of hydrogen-bond donors (Lipinski definition) is 0. The Bertz CT molecular complexity index is 83.0. The molecule has 0 bridgehead atoms. The average Bonchev–Trinajstić information content (AvgIpc) is 2.17. The van der Waals surface area contributed by atoms with E-state index < -0.39 is 0 Å². The Morgan fingerprint density at radius 3 is 2.89 bits per heavy atom. The first-order valence-electron chi connectivity index (χ1n) is 3.63. The zero-order chi connectivity index (χ0) is 6.69. The van der Waals surface area contributed by atoms with Crippen LogP contribution in [0.5, 0.6) is 0 Å². The lowest BCUT2D eigenvalue weighted by Gasteiger charge is -2.09. The molecule has 0 N–H and O–H groups in total. The Labute approximate surface area is 56.8 Å². The molecule has 0 radical (unpaired) electrons. The summed E-state index contributed by atoms with van der Waals surface area (Å²) in [6, 6.07) is 0. The van der Waals surface area contributed by atoms with Crippen molar-refractivity contribution in [1.29, 1.82) is 0 Å². The first kappa shape index (κ1) is 7.03. The van der Waals surface area contributed by atoms with Crippen LogP contribution >= 0.6 is 0 Å². The van der Waals surface area contributed by atoms with Crippen LogP contribution in [-0.4, -0.2) is 37.7 Å². The van der Waals surface area contributed by atoms with Crippen molar-refractivity contribution in [2.45, 2.75) is 19.4 Å². The Morgan fingerprint density at radius 2 is 2.44 bits per heavy atom. The topological polar surface area (TPSA) is 12.5 Å². The molecule has 0 saturated carbocycles. The van der Waals surface area contributed by atoms with Gasteiger partial charge in [0.25, 0.3) is 0 Å². The third-order valence-corrected chi connectivity index (χ3v) is 1.75. The van der Waals surface area contributed by atoms with Crippen molar-refractivity contribution < 1.29 is 4.74 Å². The lowest BCUT2D eigenvalue weighted by molar-refractivity contribution is 0.0709. The summed E-state index contributed by atoms with van der Waals surface area (Å²) in [5.74, 6) is 0. The van der Waals surface area contributed by atoms with E-state index in [2.05, 4.69) is 18.9 Å². The van der Waals surface area contributed by atoms with E-state index in [1.165, 1.54) is 13.0 Å². The van der Waals surface area contributed by atoms with E-state index in [4.69, 9.17) is 4.74 Å². The van der Waals surface area contributed by atoms with Gasteiger partial charge in [0.2, 0.25) is 0 Å². The predicted molar refractivity (Wildman–Crippen MR) is 37.5 cm³/mol. The number of nitrogens with zero attached hydrogens (tertiary/aromatic N) is 1. The molecule has 9 heavy (non-hydrogen) atoms. The minimum absolute atomic E-state index is 0.514. The van der Waals surface area contributed by atoms with Gasteiger partial charge in [-0.1, -0.05) is 0 Å². The van der Waals surface area contributed by atoms with Crippen LogP contribution in [0.3, 0.4) is 0 Å². The second-order valence-electron chi connectivity index (χ2n) is 2.63. The molecule has 54 valence electrons. The number of hydrogen-bond acceptors (Lipinski definition) is 2. The second kappa shape index (κ2) is 3.18. The highest BCUT2D eigenvalue weighted by molar-refractivity contribution is 4.72. The maximum atomic E-state index is 5.43. The van der Waals surface area contributed by atoms with Crippen molar-refractivity contribution in [3.63, 3.8) is 0 Å². The van der Waals surface area contributed by atoms with Gasteiger partial charge < -0.3 is 9.64 Å². The Kier molecular flexibility index (Phi) is 2.49. The highest BCUT2D eigenvalue weighted by Gasteiger charge is 2.18. The molecule has 2 nitrogen and oxygen atoms in total. The highest BCUT2D eigenvalue weighted by atomic mass is 16.5. The molecule has 1 atom stereocenters. The summed E-state index contributed by atoms with van der Waals surface area (Å²) in [5.41, 5.74) is 0. The predicted octanol–water partition coefficient (Wildman–Crippen LogP) is 0.727. The van der Waals surface area contributed by atoms with Crippen molar-refractivity contribution in [3.05, 3.63) is 0 Å². The smallest absolute Gasteiger partial charge is 0.0713 e. The summed E-state index contributed by atoms with van der Waals surface area (Å²) < 4.78 is 5.43. The minimum Gasteiger partial charge on any atom is -0.377 e. The number of ether oxygens (including phenoxy) is 1.